The highest BCUT2D eigenvalue weighted by Crippen LogP contribution is 2.30. The summed E-state index contributed by atoms with van der Waals surface area (Å²) >= 11 is 0. The summed E-state index contributed by atoms with van der Waals surface area (Å²) in [5.41, 5.74) is 2.95. The van der Waals surface area contributed by atoms with Gasteiger partial charge in [0, 0.05) is 56.2 Å². The third kappa shape index (κ3) is 5.60. The molecule has 0 aliphatic carbocycles. The molecule has 8 nitrogen and oxygen atoms in total. The fourth-order valence-electron chi connectivity index (χ4n) is 4.98. The van der Waals surface area contributed by atoms with E-state index in [4.69, 9.17) is 4.74 Å². The van der Waals surface area contributed by atoms with Crippen molar-refractivity contribution in [3.05, 3.63) is 102 Å². The van der Waals surface area contributed by atoms with Crippen molar-refractivity contribution < 1.29 is 17.9 Å². The summed E-state index contributed by atoms with van der Waals surface area (Å²) in [6.07, 6.45) is 6.45. The van der Waals surface area contributed by atoms with Gasteiger partial charge in [0.15, 0.2) is 0 Å². The average Bonchev–Trinajstić information content (AvgIpc) is 2.96. The minimum atomic E-state index is -3.84. The first kappa shape index (κ1) is 26.0. The molecule has 0 amide bonds. The van der Waals surface area contributed by atoms with Crippen molar-refractivity contribution in [2.75, 3.05) is 20.2 Å². The first-order valence-electron chi connectivity index (χ1n) is 12.6. The van der Waals surface area contributed by atoms with Crippen LogP contribution in [0, 0.1) is 0 Å². The van der Waals surface area contributed by atoms with Gasteiger partial charge < -0.3 is 4.74 Å². The van der Waals surface area contributed by atoms with Crippen LogP contribution in [0.2, 0.25) is 0 Å². The quantitative estimate of drug-likeness (QED) is 0.314. The summed E-state index contributed by atoms with van der Waals surface area (Å²) in [6.45, 7) is 2.50. The highest BCUT2D eigenvalue weighted by Gasteiger charge is 2.35. The molecule has 1 aliphatic heterocycles. The number of benzene rings is 2. The normalized spacial score (nSPS) is 15.1. The van der Waals surface area contributed by atoms with E-state index in [0.717, 1.165) is 36.1 Å². The minimum absolute atomic E-state index is 0.155. The van der Waals surface area contributed by atoms with Crippen molar-refractivity contribution in [2.24, 2.45) is 0 Å². The first-order chi connectivity index (χ1) is 18.5. The van der Waals surface area contributed by atoms with Crippen LogP contribution >= 0.6 is 0 Å². The fourth-order valence-corrected chi connectivity index (χ4v) is 6.82. The molecule has 2 aromatic heterocycles. The molecule has 0 saturated carbocycles. The number of rotatable bonds is 8. The molecule has 9 heteroatoms. The SMILES string of the molecule is COC(=O)c1ccc(CN2CCC(N(Cc3cccnc3)S(=O)(=O)c3cccc4cccnc34)CC2)cc1. The lowest BCUT2D eigenvalue weighted by Crippen LogP contribution is -2.46. The topological polar surface area (TPSA) is 92.7 Å². The zero-order valence-electron chi connectivity index (χ0n) is 21.2. The Morgan fingerprint density at radius 1 is 0.974 bits per heavy atom. The number of methoxy groups -OCH3 is 1. The first-order valence-corrected chi connectivity index (χ1v) is 14.0. The number of hydrogen-bond acceptors (Lipinski definition) is 7. The van der Waals surface area contributed by atoms with Gasteiger partial charge in [0.25, 0.3) is 0 Å². The van der Waals surface area contributed by atoms with E-state index in [1.165, 1.54) is 7.11 Å². The number of pyridine rings is 2. The lowest BCUT2D eigenvalue weighted by molar-refractivity contribution is 0.0600. The lowest BCUT2D eigenvalue weighted by Gasteiger charge is -2.38. The van der Waals surface area contributed by atoms with Gasteiger partial charge in [-0.3, -0.25) is 14.9 Å². The van der Waals surface area contributed by atoms with Crippen LogP contribution in [-0.4, -0.2) is 59.8 Å². The number of nitrogens with zero attached hydrogens (tertiary/aromatic N) is 4. The molecule has 0 radical (unpaired) electrons. The number of para-hydroxylation sites is 1. The Hall–Kier alpha value is -3.66. The van der Waals surface area contributed by atoms with E-state index in [-0.39, 0.29) is 23.5 Å². The monoisotopic (exact) mass is 530 g/mol. The molecule has 0 atom stereocenters. The Morgan fingerprint density at radius 2 is 1.71 bits per heavy atom. The van der Waals surface area contributed by atoms with Crippen LogP contribution in [0.15, 0.2) is 90.2 Å². The summed E-state index contributed by atoms with van der Waals surface area (Å²) < 4.78 is 34.7. The summed E-state index contributed by atoms with van der Waals surface area (Å²) in [4.78, 5) is 22.9. The second-order valence-corrected chi connectivity index (χ2v) is 11.3. The molecular formula is C29H30N4O4S. The average molecular weight is 531 g/mol. The molecule has 2 aromatic carbocycles. The van der Waals surface area contributed by atoms with Crippen LogP contribution in [0.4, 0.5) is 0 Å². The molecule has 1 aliphatic rings. The Bertz CT molecular complexity index is 1500. The highest BCUT2D eigenvalue weighted by atomic mass is 32.2. The van der Waals surface area contributed by atoms with Crippen molar-refractivity contribution >= 4 is 26.9 Å². The Balaban J connectivity index is 1.36. The predicted molar refractivity (Wildman–Crippen MR) is 145 cm³/mol. The molecule has 1 saturated heterocycles. The van der Waals surface area contributed by atoms with Crippen molar-refractivity contribution in [1.29, 1.82) is 0 Å². The Morgan fingerprint density at radius 3 is 2.42 bits per heavy atom. The van der Waals surface area contributed by atoms with Crippen molar-refractivity contribution in [1.82, 2.24) is 19.2 Å². The highest BCUT2D eigenvalue weighted by molar-refractivity contribution is 7.89. The number of ether oxygens (including phenoxy) is 1. The van der Waals surface area contributed by atoms with Crippen molar-refractivity contribution in [2.45, 2.75) is 36.9 Å². The molecule has 0 unspecified atom stereocenters. The summed E-state index contributed by atoms with van der Waals surface area (Å²) in [6, 6.07) is 20.0. The van der Waals surface area contributed by atoms with Crippen LogP contribution in [0.5, 0.6) is 0 Å². The van der Waals surface area contributed by atoms with E-state index >= 15 is 0 Å². The second-order valence-electron chi connectivity index (χ2n) is 9.44. The maximum Gasteiger partial charge on any atom is 0.337 e. The van der Waals surface area contributed by atoms with Gasteiger partial charge >= 0.3 is 5.97 Å². The molecule has 0 bridgehead atoms. The molecule has 3 heterocycles. The maximum atomic E-state index is 14.1. The molecule has 38 heavy (non-hydrogen) atoms. The largest absolute Gasteiger partial charge is 0.465 e. The second kappa shape index (κ2) is 11.4. The maximum absolute atomic E-state index is 14.1. The van der Waals surface area contributed by atoms with Gasteiger partial charge in [0.05, 0.1) is 18.2 Å². The molecule has 4 aromatic rings. The summed E-state index contributed by atoms with van der Waals surface area (Å²) in [5.74, 6) is -0.353. The molecule has 5 rings (SSSR count). The zero-order valence-corrected chi connectivity index (χ0v) is 22.0. The molecule has 0 spiro atoms. The predicted octanol–water partition coefficient (Wildman–Crippen LogP) is 4.27. The number of hydrogen-bond donors (Lipinski definition) is 0. The molecule has 1 fully saturated rings. The number of carbonyl (C=O) groups is 1. The molecule has 0 N–H and O–H groups in total. The van der Waals surface area contributed by atoms with Gasteiger partial charge in [-0.05, 0) is 54.3 Å². The van der Waals surface area contributed by atoms with E-state index in [1.807, 2.05) is 42.5 Å². The Labute approximate surface area is 223 Å². The third-order valence-corrected chi connectivity index (χ3v) is 8.92. The van der Waals surface area contributed by atoms with E-state index < -0.39 is 10.0 Å². The Kier molecular flexibility index (Phi) is 7.78. The van der Waals surface area contributed by atoms with Gasteiger partial charge in [-0.15, -0.1) is 0 Å². The number of aromatic nitrogens is 2. The summed E-state index contributed by atoms with van der Waals surface area (Å²) in [5, 5.41) is 0.794. The lowest BCUT2D eigenvalue weighted by atomic mass is 10.0. The van der Waals surface area contributed by atoms with Crippen LogP contribution in [-0.2, 0) is 27.8 Å². The van der Waals surface area contributed by atoms with E-state index in [2.05, 4.69) is 14.9 Å². The standard InChI is InChI=1S/C29H30N4O4S/c1-37-29(34)25-11-9-22(10-12-25)20-32-17-13-26(14-18-32)33(21-23-5-3-15-30-19-23)38(35,36)27-8-2-6-24-7-4-16-31-28(24)27/h2-12,15-16,19,26H,13-14,17-18,20-21H2,1H3. The van der Waals surface area contributed by atoms with Gasteiger partial charge in [0.2, 0.25) is 10.0 Å². The van der Waals surface area contributed by atoms with E-state index in [9.17, 15) is 13.2 Å². The number of likely N-dealkylation sites (tertiary alicyclic amines) is 1. The summed E-state index contributed by atoms with van der Waals surface area (Å²) in [7, 11) is -2.47. The van der Waals surface area contributed by atoms with Crippen molar-refractivity contribution in [3.8, 4) is 0 Å². The molecular weight excluding hydrogens is 500 g/mol. The number of esters is 1. The van der Waals surface area contributed by atoms with Gasteiger partial charge in [0.1, 0.15) is 4.90 Å². The van der Waals surface area contributed by atoms with Crippen LogP contribution in [0.3, 0.4) is 0 Å². The molecule has 196 valence electrons. The van der Waals surface area contributed by atoms with Crippen LogP contribution in [0.1, 0.15) is 34.3 Å². The van der Waals surface area contributed by atoms with Crippen LogP contribution in [0.25, 0.3) is 10.9 Å². The van der Waals surface area contributed by atoms with Crippen molar-refractivity contribution in [3.63, 3.8) is 0 Å². The van der Waals surface area contributed by atoms with Gasteiger partial charge in [-0.2, -0.15) is 4.31 Å². The minimum Gasteiger partial charge on any atom is -0.465 e. The number of piperidine rings is 1. The van der Waals surface area contributed by atoms with Gasteiger partial charge in [-0.1, -0.05) is 36.4 Å². The van der Waals surface area contributed by atoms with E-state index in [0.29, 0.717) is 23.9 Å². The van der Waals surface area contributed by atoms with Crippen LogP contribution < -0.4 is 0 Å². The third-order valence-electron chi connectivity index (χ3n) is 6.99. The number of carbonyl (C=O) groups excluding carboxylic acids is 1. The number of fused-ring (bicyclic) bond motifs is 1. The number of sulfonamides is 1. The van der Waals surface area contributed by atoms with E-state index in [1.54, 1.807) is 47.2 Å². The fraction of sp³-hybridized carbons (Fsp3) is 0.276. The smallest absolute Gasteiger partial charge is 0.337 e. The van der Waals surface area contributed by atoms with Gasteiger partial charge in [-0.25, -0.2) is 13.2 Å². The zero-order chi connectivity index (χ0) is 26.5.